The van der Waals surface area contributed by atoms with Crippen LogP contribution in [0.3, 0.4) is 0 Å². The summed E-state index contributed by atoms with van der Waals surface area (Å²) in [4.78, 5) is 35.7. The van der Waals surface area contributed by atoms with Crippen LogP contribution >= 0.6 is 0 Å². The molecule has 0 aliphatic heterocycles. The fraction of sp³-hybridized carbons (Fsp3) is 0.111. The van der Waals surface area contributed by atoms with Crippen molar-refractivity contribution >= 4 is 17.9 Å². The second kappa shape index (κ2) is 4.85. The maximum Gasteiger partial charge on any atom is 0.347 e. The Balaban J connectivity index is 2.57. The van der Waals surface area contributed by atoms with E-state index in [4.69, 9.17) is 5.11 Å². The molecule has 0 spiro atoms. The number of ether oxygens (including phenoxy) is 1. The Bertz CT molecular complexity index is 387. The molecule has 78 valence electrons. The van der Waals surface area contributed by atoms with Crippen molar-refractivity contribution in [2.75, 3.05) is 0 Å². The van der Waals surface area contributed by atoms with E-state index in [1.807, 2.05) is 0 Å². The summed E-state index contributed by atoms with van der Waals surface area (Å²) in [6, 6.07) is 2.90. The normalized spacial score (nSPS) is 9.33. The average molecular weight is 209 g/mol. The van der Waals surface area contributed by atoms with E-state index in [1.165, 1.54) is 24.5 Å². The first-order chi connectivity index (χ1) is 7.09. The zero-order valence-corrected chi connectivity index (χ0v) is 7.54. The number of hydrogen-bond acceptors (Lipinski definition) is 5. The Morgan fingerprint density at radius 2 is 2.13 bits per heavy atom. The monoisotopic (exact) mass is 209 g/mol. The van der Waals surface area contributed by atoms with E-state index >= 15 is 0 Å². The molecule has 6 heteroatoms. The molecule has 1 aromatic heterocycles. The third-order valence-electron chi connectivity index (χ3n) is 1.40. The number of carbonyl (C=O) groups is 3. The lowest BCUT2D eigenvalue weighted by Gasteiger charge is -1.99. The molecule has 0 bridgehead atoms. The van der Waals surface area contributed by atoms with Crippen LogP contribution in [0.5, 0.6) is 0 Å². The van der Waals surface area contributed by atoms with Gasteiger partial charge in [0.1, 0.15) is 6.42 Å². The van der Waals surface area contributed by atoms with Crippen LogP contribution in [0, 0.1) is 0 Å². The van der Waals surface area contributed by atoms with E-state index in [0.717, 1.165) is 0 Å². The number of hydrogen-bond donors (Lipinski definition) is 1. The fourth-order valence-corrected chi connectivity index (χ4v) is 0.805. The van der Waals surface area contributed by atoms with Gasteiger partial charge in [-0.3, -0.25) is 14.6 Å². The van der Waals surface area contributed by atoms with Crippen molar-refractivity contribution in [1.29, 1.82) is 0 Å². The first-order valence-corrected chi connectivity index (χ1v) is 3.96. The minimum atomic E-state index is -1.35. The molecule has 0 atom stereocenters. The van der Waals surface area contributed by atoms with Crippen LogP contribution in [0.2, 0.25) is 0 Å². The summed E-state index contributed by atoms with van der Waals surface area (Å²) in [5.74, 6) is -3.36. The molecule has 0 radical (unpaired) electrons. The number of carboxylic acid groups (broad SMARTS) is 1. The standard InChI is InChI=1S/C9H7NO5/c11-7(12)4-8(13)15-9(14)6-2-1-3-10-5-6/h1-3,5H,4H2,(H,11,12). The summed E-state index contributed by atoms with van der Waals surface area (Å²) < 4.78 is 4.25. The summed E-state index contributed by atoms with van der Waals surface area (Å²) in [5, 5.41) is 8.24. The van der Waals surface area contributed by atoms with Crippen molar-refractivity contribution in [2.45, 2.75) is 6.42 Å². The smallest absolute Gasteiger partial charge is 0.347 e. The summed E-state index contributed by atoms with van der Waals surface area (Å²) in [5.41, 5.74) is 0.0937. The molecular formula is C9H7NO5. The van der Waals surface area contributed by atoms with Crippen LogP contribution in [-0.4, -0.2) is 28.0 Å². The first kappa shape index (κ1) is 10.8. The lowest BCUT2D eigenvalue weighted by atomic mass is 10.3. The van der Waals surface area contributed by atoms with E-state index in [2.05, 4.69) is 9.72 Å². The number of esters is 2. The third kappa shape index (κ3) is 3.55. The predicted octanol–water partition coefficient (Wildman–Crippen LogP) is 0.240. The van der Waals surface area contributed by atoms with Gasteiger partial charge < -0.3 is 9.84 Å². The molecule has 0 aromatic carbocycles. The quantitative estimate of drug-likeness (QED) is 0.566. The number of aromatic nitrogens is 1. The van der Waals surface area contributed by atoms with Crippen molar-refractivity contribution in [2.24, 2.45) is 0 Å². The van der Waals surface area contributed by atoms with E-state index in [1.54, 1.807) is 0 Å². The van der Waals surface area contributed by atoms with Crippen LogP contribution in [0.15, 0.2) is 24.5 Å². The summed E-state index contributed by atoms with van der Waals surface area (Å²) in [6.07, 6.45) is 1.83. The molecule has 0 fully saturated rings. The van der Waals surface area contributed by atoms with Gasteiger partial charge in [-0.15, -0.1) is 0 Å². The Morgan fingerprint density at radius 3 is 2.67 bits per heavy atom. The molecule has 6 nitrogen and oxygen atoms in total. The van der Waals surface area contributed by atoms with Crippen molar-refractivity contribution in [3.63, 3.8) is 0 Å². The number of rotatable bonds is 3. The van der Waals surface area contributed by atoms with Gasteiger partial charge in [0.05, 0.1) is 5.56 Å². The highest BCUT2D eigenvalue weighted by atomic mass is 16.6. The molecule has 1 aromatic rings. The molecule has 0 aliphatic carbocycles. The van der Waals surface area contributed by atoms with Gasteiger partial charge >= 0.3 is 17.9 Å². The molecule has 0 aliphatic rings. The highest BCUT2D eigenvalue weighted by Gasteiger charge is 2.15. The zero-order valence-electron chi connectivity index (χ0n) is 7.54. The van der Waals surface area contributed by atoms with Gasteiger partial charge in [-0.25, -0.2) is 4.79 Å². The fourth-order valence-electron chi connectivity index (χ4n) is 0.805. The Kier molecular flexibility index (Phi) is 3.50. The van der Waals surface area contributed by atoms with Crippen LogP contribution in [0.4, 0.5) is 0 Å². The van der Waals surface area contributed by atoms with Gasteiger partial charge in [-0.2, -0.15) is 0 Å². The van der Waals surface area contributed by atoms with E-state index < -0.39 is 24.3 Å². The molecule has 1 N–H and O–H groups in total. The molecule has 0 amide bonds. The number of carboxylic acids is 1. The molecule has 15 heavy (non-hydrogen) atoms. The lowest BCUT2D eigenvalue weighted by Crippen LogP contribution is -2.15. The van der Waals surface area contributed by atoms with E-state index in [0.29, 0.717) is 0 Å². The van der Waals surface area contributed by atoms with Gasteiger partial charge in [0, 0.05) is 12.4 Å². The molecule has 1 rings (SSSR count). The Morgan fingerprint density at radius 1 is 1.40 bits per heavy atom. The highest BCUT2D eigenvalue weighted by molar-refractivity contribution is 6.00. The second-order valence-corrected chi connectivity index (χ2v) is 2.57. The van der Waals surface area contributed by atoms with Crippen molar-refractivity contribution in [3.05, 3.63) is 30.1 Å². The molecule has 0 unspecified atom stereocenters. The largest absolute Gasteiger partial charge is 0.481 e. The average Bonchev–Trinajstić information content (AvgIpc) is 2.17. The van der Waals surface area contributed by atoms with Gasteiger partial charge in [0.25, 0.3) is 0 Å². The Labute approximate surface area is 84.5 Å². The predicted molar refractivity (Wildman–Crippen MR) is 46.9 cm³/mol. The van der Waals surface area contributed by atoms with Gasteiger partial charge in [-0.05, 0) is 12.1 Å². The molecular weight excluding hydrogens is 202 g/mol. The first-order valence-electron chi connectivity index (χ1n) is 3.96. The van der Waals surface area contributed by atoms with E-state index in [-0.39, 0.29) is 5.56 Å². The third-order valence-corrected chi connectivity index (χ3v) is 1.40. The second-order valence-electron chi connectivity index (χ2n) is 2.57. The number of aliphatic carboxylic acids is 1. The van der Waals surface area contributed by atoms with Gasteiger partial charge in [0.2, 0.25) is 0 Å². The zero-order chi connectivity index (χ0) is 11.3. The summed E-state index contributed by atoms with van der Waals surface area (Å²) in [6.45, 7) is 0. The minimum absolute atomic E-state index is 0.0937. The van der Waals surface area contributed by atoms with Crippen LogP contribution in [0.1, 0.15) is 16.8 Å². The molecule has 1 heterocycles. The number of carbonyl (C=O) groups excluding carboxylic acids is 2. The van der Waals surface area contributed by atoms with Gasteiger partial charge in [0.15, 0.2) is 0 Å². The Hall–Kier alpha value is -2.24. The lowest BCUT2D eigenvalue weighted by molar-refractivity contribution is -0.147. The topological polar surface area (TPSA) is 93.6 Å². The SMILES string of the molecule is O=C(O)CC(=O)OC(=O)c1cccnc1. The van der Waals surface area contributed by atoms with Gasteiger partial charge in [-0.1, -0.05) is 0 Å². The van der Waals surface area contributed by atoms with Crippen molar-refractivity contribution < 1.29 is 24.2 Å². The van der Waals surface area contributed by atoms with Crippen molar-refractivity contribution in [1.82, 2.24) is 4.98 Å². The summed E-state index contributed by atoms with van der Waals surface area (Å²) >= 11 is 0. The number of pyridine rings is 1. The minimum Gasteiger partial charge on any atom is -0.481 e. The maximum absolute atomic E-state index is 11.2. The highest BCUT2D eigenvalue weighted by Crippen LogP contribution is 2.00. The molecule has 0 saturated carbocycles. The van der Waals surface area contributed by atoms with E-state index in [9.17, 15) is 14.4 Å². The van der Waals surface area contributed by atoms with Crippen LogP contribution < -0.4 is 0 Å². The maximum atomic E-state index is 11.2. The number of nitrogens with zero attached hydrogens (tertiary/aromatic N) is 1. The van der Waals surface area contributed by atoms with Crippen LogP contribution in [0.25, 0.3) is 0 Å². The van der Waals surface area contributed by atoms with Crippen molar-refractivity contribution in [3.8, 4) is 0 Å². The molecule has 0 saturated heterocycles. The summed E-state index contributed by atoms with van der Waals surface area (Å²) in [7, 11) is 0. The van der Waals surface area contributed by atoms with Crippen LogP contribution in [-0.2, 0) is 14.3 Å².